The van der Waals surface area contributed by atoms with Gasteiger partial charge in [-0.2, -0.15) is 4.98 Å². The minimum absolute atomic E-state index is 0.000523. The first kappa shape index (κ1) is 28.0. The third-order valence-electron chi connectivity index (χ3n) is 8.03. The van der Waals surface area contributed by atoms with Crippen molar-refractivity contribution in [2.45, 2.75) is 70.1 Å². The SMILES string of the molecule is Cc1ccc(F)cc1Nc1nc2ccc(CC(=O)N3[C@H](CO)CC[C@H]3COC3CCC(C(=O)O)CC3)c(F)c2o1. The van der Waals surface area contributed by atoms with E-state index >= 15 is 4.39 Å². The molecule has 2 aliphatic rings. The lowest BCUT2D eigenvalue weighted by atomic mass is 9.87. The van der Waals surface area contributed by atoms with Gasteiger partial charge in [0.1, 0.15) is 11.3 Å². The summed E-state index contributed by atoms with van der Waals surface area (Å²) in [7, 11) is 0. The number of likely N-dealkylation sites (tertiary alicyclic amines) is 1. The highest BCUT2D eigenvalue weighted by Crippen LogP contribution is 2.31. The van der Waals surface area contributed by atoms with E-state index in [0.29, 0.717) is 44.2 Å². The van der Waals surface area contributed by atoms with Gasteiger partial charge in [0.25, 0.3) is 6.01 Å². The van der Waals surface area contributed by atoms with Gasteiger partial charge in [-0.25, -0.2) is 8.78 Å². The van der Waals surface area contributed by atoms with Crippen LogP contribution in [0.1, 0.15) is 49.7 Å². The van der Waals surface area contributed by atoms with Gasteiger partial charge in [0.05, 0.1) is 43.7 Å². The van der Waals surface area contributed by atoms with E-state index in [1.54, 1.807) is 24.0 Å². The molecule has 1 aliphatic carbocycles. The summed E-state index contributed by atoms with van der Waals surface area (Å²) in [6.07, 6.45) is 3.40. The molecular weight excluding hydrogens is 524 g/mol. The number of benzene rings is 2. The van der Waals surface area contributed by atoms with Gasteiger partial charge in [0.15, 0.2) is 11.4 Å². The number of carbonyl (C=O) groups is 2. The van der Waals surface area contributed by atoms with Crippen molar-refractivity contribution in [1.82, 2.24) is 9.88 Å². The second-order valence-electron chi connectivity index (χ2n) is 10.7. The Bertz CT molecular complexity index is 1390. The lowest BCUT2D eigenvalue weighted by Crippen LogP contribution is -2.46. The first-order valence-corrected chi connectivity index (χ1v) is 13.6. The molecule has 2 aromatic carbocycles. The Balaban J connectivity index is 1.26. The van der Waals surface area contributed by atoms with Crippen LogP contribution >= 0.6 is 0 Å². The highest BCUT2D eigenvalue weighted by atomic mass is 19.1. The summed E-state index contributed by atoms with van der Waals surface area (Å²) in [5.74, 6) is -2.58. The zero-order valence-corrected chi connectivity index (χ0v) is 22.2. The normalized spacial score (nSPS) is 23.1. The van der Waals surface area contributed by atoms with Crippen LogP contribution in [0.4, 0.5) is 20.5 Å². The van der Waals surface area contributed by atoms with Crippen molar-refractivity contribution in [2.24, 2.45) is 5.92 Å². The number of fused-ring (bicyclic) bond motifs is 1. The highest BCUT2D eigenvalue weighted by molar-refractivity contribution is 5.83. The Morgan fingerprint density at radius 1 is 1.10 bits per heavy atom. The van der Waals surface area contributed by atoms with Crippen LogP contribution in [-0.4, -0.2) is 63.4 Å². The fourth-order valence-electron chi connectivity index (χ4n) is 5.72. The van der Waals surface area contributed by atoms with Crippen LogP contribution in [0.15, 0.2) is 34.7 Å². The number of aromatic nitrogens is 1. The largest absolute Gasteiger partial charge is 0.481 e. The smallest absolute Gasteiger partial charge is 0.306 e. The van der Waals surface area contributed by atoms with Gasteiger partial charge in [-0.15, -0.1) is 0 Å². The number of halogens is 2. The number of hydrogen-bond acceptors (Lipinski definition) is 7. The Kier molecular flexibility index (Phi) is 8.32. The van der Waals surface area contributed by atoms with Crippen LogP contribution in [0, 0.1) is 24.5 Å². The maximum atomic E-state index is 15.5. The lowest BCUT2D eigenvalue weighted by Gasteiger charge is -2.32. The zero-order chi connectivity index (χ0) is 28.4. The molecule has 3 N–H and O–H groups in total. The second-order valence-corrected chi connectivity index (χ2v) is 10.7. The van der Waals surface area contributed by atoms with Gasteiger partial charge in [0.2, 0.25) is 5.91 Å². The number of amides is 1. The number of aliphatic carboxylic acids is 1. The fraction of sp³-hybridized carbons (Fsp3) is 0.483. The van der Waals surface area contributed by atoms with Gasteiger partial charge in [0, 0.05) is 11.3 Å². The van der Waals surface area contributed by atoms with Crippen LogP contribution < -0.4 is 5.32 Å². The molecule has 1 saturated carbocycles. The van der Waals surface area contributed by atoms with Gasteiger partial charge in [-0.05, 0) is 69.2 Å². The number of rotatable bonds is 9. The summed E-state index contributed by atoms with van der Waals surface area (Å²) < 4.78 is 40.8. The minimum Gasteiger partial charge on any atom is -0.481 e. The third kappa shape index (κ3) is 5.95. The molecule has 1 aliphatic heterocycles. The summed E-state index contributed by atoms with van der Waals surface area (Å²) in [5, 5.41) is 22.0. The van der Waals surface area contributed by atoms with Crippen molar-refractivity contribution in [2.75, 3.05) is 18.5 Å². The lowest BCUT2D eigenvalue weighted by molar-refractivity contribution is -0.144. The number of aliphatic hydroxyl groups excluding tert-OH is 1. The molecular formula is C29H33F2N3O6. The van der Waals surface area contributed by atoms with E-state index in [1.165, 1.54) is 18.2 Å². The van der Waals surface area contributed by atoms with E-state index in [-0.39, 0.29) is 72.3 Å². The number of hydrogen-bond donors (Lipinski definition) is 3. The first-order chi connectivity index (χ1) is 19.2. The molecule has 0 bridgehead atoms. The summed E-state index contributed by atoms with van der Waals surface area (Å²) in [6.45, 7) is 1.86. The quantitative estimate of drug-likeness (QED) is 0.346. The Labute approximate surface area is 230 Å². The molecule has 5 rings (SSSR count). The monoisotopic (exact) mass is 557 g/mol. The average molecular weight is 558 g/mol. The van der Waals surface area contributed by atoms with Crippen molar-refractivity contribution in [3.05, 3.63) is 53.1 Å². The van der Waals surface area contributed by atoms with Gasteiger partial charge in [-0.3, -0.25) is 9.59 Å². The Morgan fingerprint density at radius 2 is 1.85 bits per heavy atom. The van der Waals surface area contributed by atoms with Crippen LogP contribution in [0.25, 0.3) is 11.1 Å². The number of nitrogens with zero attached hydrogens (tertiary/aromatic N) is 2. The van der Waals surface area contributed by atoms with Crippen molar-refractivity contribution < 1.29 is 37.7 Å². The van der Waals surface area contributed by atoms with Gasteiger partial charge >= 0.3 is 5.97 Å². The standard InChI is InChI=1S/C29H33F2N3O6/c1-16-2-6-19(30)13-24(16)33-29-32-23-11-5-18(26(31)27(23)40-29)12-25(36)34-20(14-35)7-8-21(34)15-39-22-9-3-17(4-10-22)28(37)38/h2,5-6,11,13,17,20-22,35H,3-4,7-10,12,14-15H2,1H3,(H,32,33)(H,37,38)/t17?,20-,21-,22?/m0/s1. The summed E-state index contributed by atoms with van der Waals surface area (Å²) in [4.78, 5) is 30.4. The fourth-order valence-corrected chi connectivity index (χ4v) is 5.72. The molecule has 0 unspecified atom stereocenters. The van der Waals surface area contributed by atoms with Crippen molar-refractivity contribution in [3.63, 3.8) is 0 Å². The van der Waals surface area contributed by atoms with Gasteiger partial charge in [-0.1, -0.05) is 12.1 Å². The topological polar surface area (TPSA) is 125 Å². The number of oxazole rings is 1. The maximum Gasteiger partial charge on any atom is 0.306 e. The number of nitrogens with one attached hydrogen (secondary N) is 1. The molecule has 11 heteroatoms. The number of ether oxygens (including phenoxy) is 1. The molecule has 1 saturated heterocycles. The van der Waals surface area contributed by atoms with E-state index in [1.807, 2.05) is 0 Å². The number of aryl methyl sites for hydroxylation is 1. The summed E-state index contributed by atoms with van der Waals surface area (Å²) in [5.41, 5.74) is 1.47. The van der Waals surface area contributed by atoms with Crippen molar-refractivity contribution >= 4 is 34.7 Å². The van der Waals surface area contributed by atoms with E-state index in [2.05, 4.69) is 10.3 Å². The molecule has 2 fully saturated rings. The van der Waals surface area contributed by atoms with Crippen LogP contribution in [0.5, 0.6) is 0 Å². The van der Waals surface area contributed by atoms with Crippen LogP contribution in [0.2, 0.25) is 0 Å². The molecule has 0 radical (unpaired) electrons. The zero-order valence-electron chi connectivity index (χ0n) is 22.2. The molecule has 1 amide bonds. The molecule has 214 valence electrons. The first-order valence-electron chi connectivity index (χ1n) is 13.6. The molecule has 40 heavy (non-hydrogen) atoms. The third-order valence-corrected chi connectivity index (χ3v) is 8.03. The van der Waals surface area contributed by atoms with Crippen LogP contribution in [-0.2, 0) is 20.7 Å². The molecule has 1 aromatic heterocycles. The number of carboxylic acids is 1. The predicted molar refractivity (Wildman–Crippen MR) is 142 cm³/mol. The Morgan fingerprint density at radius 3 is 2.58 bits per heavy atom. The second kappa shape index (κ2) is 11.9. The molecule has 2 heterocycles. The van der Waals surface area contributed by atoms with E-state index in [4.69, 9.17) is 9.15 Å². The number of carbonyl (C=O) groups excluding carboxylic acids is 1. The van der Waals surface area contributed by atoms with E-state index in [9.17, 15) is 24.2 Å². The summed E-state index contributed by atoms with van der Waals surface area (Å²) in [6, 6.07) is 6.64. The van der Waals surface area contributed by atoms with Crippen molar-refractivity contribution in [3.8, 4) is 0 Å². The molecule has 3 aromatic rings. The average Bonchev–Trinajstić information content (AvgIpc) is 3.55. The van der Waals surface area contributed by atoms with Crippen LogP contribution in [0.3, 0.4) is 0 Å². The minimum atomic E-state index is -0.776. The molecule has 0 spiro atoms. The molecule has 9 nitrogen and oxygen atoms in total. The summed E-state index contributed by atoms with van der Waals surface area (Å²) >= 11 is 0. The highest BCUT2D eigenvalue weighted by Gasteiger charge is 2.37. The predicted octanol–water partition coefficient (Wildman–Crippen LogP) is 4.71. The Hall–Kier alpha value is -3.57. The molecule has 2 atom stereocenters. The number of anilines is 2. The van der Waals surface area contributed by atoms with Crippen molar-refractivity contribution in [1.29, 1.82) is 0 Å². The number of aliphatic hydroxyl groups is 1. The maximum absolute atomic E-state index is 15.5. The number of carboxylic acid groups (broad SMARTS) is 1. The van der Waals surface area contributed by atoms with Gasteiger partial charge < -0.3 is 29.6 Å². The van der Waals surface area contributed by atoms with E-state index < -0.39 is 17.6 Å². The van der Waals surface area contributed by atoms with E-state index in [0.717, 1.165) is 5.56 Å².